The lowest BCUT2D eigenvalue weighted by atomic mass is 9.92. The van der Waals surface area contributed by atoms with Gasteiger partial charge in [0.2, 0.25) is 0 Å². The van der Waals surface area contributed by atoms with Crippen LogP contribution in [0.4, 0.5) is 17.3 Å². The Morgan fingerprint density at radius 3 is 2.56 bits per heavy atom. The Hall–Kier alpha value is -2.36. The molecule has 1 aliphatic heterocycles. The number of hydrogen-bond acceptors (Lipinski definition) is 8. The number of aliphatic hydroxyl groups excluding tert-OH is 1. The van der Waals surface area contributed by atoms with Crippen molar-refractivity contribution in [1.82, 2.24) is 14.7 Å². The minimum absolute atomic E-state index is 0.0284. The molecule has 4 N–H and O–H groups in total. The van der Waals surface area contributed by atoms with Crippen LogP contribution < -0.4 is 20.3 Å². The molecule has 1 fully saturated rings. The predicted octanol–water partition coefficient (Wildman–Crippen LogP) is 5.32. The van der Waals surface area contributed by atoms with Gasteiger partial charge in [-0.2, -0.15) is 0 Å². The SMILES string of the molecule is CCCC1CCN(c2nc(NC(C)(C)CO)cnc2C(=O)Nc2cccc(SNC(C)(C)C)c2)CC1. The highest BCUT2D eigenvalue weighted by molar-refractivity contribution is 7.97. The minimum atomic E-state index is -0.553. The Morgan fingerprint density at radius 2 is 1.92 bits per heavy atom. The van der Waals surface area contributed by atoms with E-state index in [1.165, 1.54) is 24.8 Å². The predicted molar refractivity (Wildman–Crippen MR) is 150 cm³/mol. The molecule has 2 heterocycles. The summed E-state index contributed by atoms with van der Waals surface area (Å²) in [6.45, 7) is 14.0. The van der Waals surface area contributed by atoms with Crippen LogP contribution in [0.3, 0.4) is 0 Å². The quantitative estimate of drug-likeness (QED) is 0.316. The van der Waals surface area contributed by atoms with Crippen molar-refractivity contribution in [2.45, 2.75) is 83.2 Å². The number of carbonyl (C=O) groups is 1. The van der Waals surface area contributed by atoms with E-state index in [0.29, 0.717) is 28.9 Å². The van der Waals surface area contributed by atoms with Crippen molar-refractivity contribution in [1.29, 1.82) is 0 Å². The lowest BCUT2D eigenvalue weighted by Crippen LogP contribution is -2.38. The zero-order chi connectivity index (χ0) is 26.3. The largest absolute Gasteiger partial charge is 0.394 e. The number of amides is 1. The third-order valence-electron chi connectivity index (χ3n) is 6.01. The fourth-order valence-corrected chi connectivity index (χ4v) is 4.84. The molecule has 8 nitrogen and oxygen atoms in total. The van der Waals surface area contributed by atoms with Crippen molar-refractivity contribution in [3.63, 3.8) is 0 Å². The summed E-state index contributed by atoms with van der Waals surface area (Å²) in [4.78, 5) is 25.9. The Morgan fingerprint density at radius 1 is 1.19 bits per heavy atom. The van der Waals surface area contributed by atoms with Crippen LogP contribution in [0.5, 0.6) is 0 Å². The molecular weight excluding hydrogens is 472 g/mol. The van der Waals surface area contributed by atoms with E-state index in [-0.39, 0.29) is 18.1 Å². The average Bonchev–Trinajstić information content (AvgIpc) is 2.83. The molecule has 1 aromatic heterocycles. The van der Waals surface area contributed by atoms with Crippen LogP contribution in [0.15, 0.2) is 35.4 Å². The molecule has 198 valence electrons. The first-order valence-electron chi connectivity index (χ1n) is 12.9. The Labute approximate surface area is 220 Å². The second-order valence-corrected chi connectivity index (χ2v) is 12.1. The average molecular weight is 515 g/mol. The van der Waals surface area contributed by atoms with Gasteiger partial charge >= 0.3 is 0 Å². The van der Waals surface area contributed by atoms with Crippen LogP contribution in [0, 0.1) is 5.92 Å². The van der Waals surface area contributed by atoms with Crippen molar-refractivity contribution < 1.29 is 9.90 Å². The number of rotatable bonds is 10. The number of aromatic nitrogens is 2. The number of benzene rings is 1. The second kappa shape index (κ2) is 12.3. The summed E-state index contributed by atoms with van der Waals surface area (Å²) in [5.41, 5.74) is 0.434. The van der Waals surface area contributed by atoms with Gasteiger partial charge in [-0.1, -0.05) is 25.8 Å². The van der Waals surface area contributed by atoms with Gasteiger partial charge in [-0.05, 0) is 83.5 Å². The van der Waals surface area contributed by atoms with Gasteiger partial charge in [0.1, 0.15) is 5.82 Å². The van der Waals surface area contributed by atoms with Crippen molar-refractivity contribution in [2.24, 2.45) is 5.92 Å². The Bertz CT molecular complexity index is 1020. The molecule has 1 saturated heterocycles. The van der Waals surface area contributed by atoms with Gasteiger partial charge in [0.15, 0.2) is 11.5 Å². The maximum atomic E-state index is 13.4. The highest BCUT2D eigenvalue weighted by Crippen LogP contribution is 2.29. The van der Waals surface area contributed by atoms with Crippen LogP contribution in [0.2, 0.25) is 0 Å². The van der Waals surface area contributed by atoms with Crippen LogP contribution in [-0.4, -0.2) is 51.8 Å². The number of aliphatic hydroxyl groups is 1. The van der Waals surface area contributed by atoms with Gasteiger partial charge in [-0.15, -0.1) is 0 Å². The first-order valence-corrected chi connectivity index (χ1v) is 13.7. The van der Waals surface area contributed by atoms with Gasteiger partial charge in [0.25, 0.3) is 5.91 Å². The minimum Gasteiger partial charge on any atom is -0.394 e. The highest BCUT2D eigenvalue weighted by Gasteiger charge is 2.26. The smallest absolute Gasteiger partial charge is 0.278 e. The number of hydrogen-bond donors (Lipinski definition) is 4. The van der Waals surface area contributed by atoms with Gasteiger partial charge in [0, 0.05) is 29.2 Å². The Kier molecular flexibility index (Phi) is 9.60. The molecule has 1 aliphatic rings. The first-order chi connectivity index (χ1) is 17.0. The summed E-state index contributed by atoms with van der Waals surface area (Å²) in [6, 6.07) is 7.76. The highest BCUT2D eigenvalue weighted by atomic mass is 32.2. The number of nitrogens with one attached hydrogen (secondary N) is 3. The number of carbonyl (C=O) groups excluding carboxylic acids is 1. The number of piperidine rings is 1. The fourth-order valence-electron chi connectivity index (χ4n) is 4.09. The van der Waals surface area contributed by atoms with E-state index in [2.05, 4.69) is 52.9 Å². The molecule has 0 atom stereocenters. The van der Waals surface area contributed by atoms with Gasteiger partial charge in [-0.25, -0.2) is 9.97 Å². The Balaban J connectivity index is 1.82. The van der Waals surface area contributed by atoms with Gasteiger partial charge in [-0.3, -0.25) is 9.52 Å². The second-order valence-electron chi connectivity index (χ2n) is 11.2. The zero-order valence-electron chi connectivity index (χ0n) is 22.5. The summed E-state index contributed by atoms with van der Waals surface area (Å²) >= 11 is 1.54. The van der Waals surface area contributed by atoms with Crippen molar-refractivity contribution in [3.8, 4) is 0 Å². The molecular formula is C27H42N6O2S. The molecule has 2 aromatic rings. The van der Waals surface area contributed by atoms with E-state index in [1.54, 1.807) is 6.20 Å². The molecule has 0 spiro atoms. The topological polar surface area (TPSA) is 102 Å². The van der Waals surface area contributed by atoms with Crippen molar-refractivity contribution in [2.75, 3.05) is 35.2 Å². The van der Waals surface area contributed by atoms with Crippen LogP contribution in [0.25, 0.3) is 0 Å². The monoisotopic (exact) mass is 514 g/mol. The lowest BCUT2D eigenvalue weighted by molar-refractivity contribution is 0.102. The third-order valence-corrected chi connectivity index (χ3v) is 7.21. The molecule has 1 aromatic carbocycles. The van der Waals surface area contributed by atoms with Gasteiger partial charge < -0.3 is 20.6 Å². The van der Waals surface area contributed by atoms with Gasteiger partial charge in [0.05, 0.1) is 18.3 Å². The first kappa shape index (κ1) is 28.2. The summed E-state index contributed by atoms with van der Waals surface area (Å²) in [5.74, 6) is 1.56. The molecule has 0 unspecified atom stereocenters. The zero-order valence-corrected chi connectivity index (χ0v) is 23.3. The van der Waals surface area contributed by atoms with E-state index < -0.39 is 5.54 Å². The summed E-state index contributed by atoms with van der Waals surface area (Å²) in [6.07, 6.45) is 6.15. The number of nitrogens with zero attached hydrogens (tertiary/aromatic N) is 3. The number of anilines is 3. The van der Waals surface area contributed by atoms with Crippen LogP contribution >= 0.6 is 11.9 Å². The normalized spacial score (nSPS) is 15.1. The third kappa shape index (κ3) is 8.35. The fraction of sp³-hybridized carbons (Fsp3) is 0.593. The lowest BCUT2D eigenvalue weighted by Gasteiger charge is -2.34. The molecule has 9 heteroatoms. The van der Waals surface area contributed by atoms with Crippen LogP contribution in [-0.2, 0) is 0 Å². The van der Waals surface area contributed by atoms with E-state index in [4.69, 9.17) is 4.98 Å². The standard InChI is InChI=1S/C27H42N6O2S/c1-7-9-19-12-14-33(15-13-19)24-23(28-17-22(30-24)31-27(5,6)18-34)25(35)29-20-10-8-11-21(16-20)36-32-26(2,3)4/h8,10-11,16-17,19,32,34H,7,9,12-15,18H2,1-6H3,(H,29,35)(H,30,31). The molecule has 1 amide bonds. The maximum absolute atomic E-state index is 13.4. The molecule has 0 radical (unpaired) electrons. The van der Waals surface area contributed by atoms with E-state index >= 15 is 0 Å². The molecule has 36 heavy (non-hydrogen) atoms. The van der Waals surface area contributed by atoms with E-state index in [1.807, 2.05) is 38.1 Å². The molecule has 0 bridgehead atoms. The van der Waals surface area contributed by atoms with Crippen molar-refractivity contribution >= 4 is 35.2 Å². The summed E-state index contributed by atoms with van der Waals surface area (Å²) < 4.78 is 3.39. The molecule has 0 aliphatic carbocycles. The van der Waals surface area contributed by atoms with Crippen molar-refractivity contribution in [3.05, 3.63) is 36.2 Å². The summed E-state index contributed by atoms with van der Waals surface area (Å²) in [7, 11) is 0. The maximum Gasteiger partial charge on any atom is 0.278 e. The van der Waals surface area contributed by atoms with E-state index in [9.17, 15) is 9.90 Å². The molecule has 0 saturated carbocycles. The van der Waals surface area contributed by atoms with Crippen LogP contribution in [0.1, 0.15) is 77.7 Å². The summed E-state index contributed by atoms with van der Waals surface area (Å²) in [5, 5.41) is 15.9. The molecule has 3 rings (SSSR count). The van der Waals surface area contributed by atoms with E-state index in [0.717, 1.165) is 30.8 Å².